The molecule has 1 heterocycles. The summed E-state index contributed by atoms with van der Waals surface area (Å²) in [5, 5.41) is 5.41. The number of halogens is 1. The SMILES string of the molecule is CNC(=O)C1CN(CC(=O)NCc2ccc(F)c(C)c2)c2ccccc2O1. The number of hydrogen-bond acceptors (Lipinski definition) is 4. The Hall–Kier alpha value is -3.09. The number of carbonyl (C=O) groups excluding carboxylic acids is 2. The third kappa shape index (κ3) is 4.36. The molecule has 6 nitrogen and oxygen atoms in total. The summed E-state index contributed by atoms with van der Waals surface area (Å²) in [4.78, 5) is 26.2. The van der Waals surface area contributed by atoms with Gasteiger partial charge < -0.3 is 20.3 Å². The number of rotatable bonds is 5. The minimum absolute atomic E-state index is 0.0913. The molecular formula is C20H22FN3O3. The Balaban J connectivity index is 1.66. The average Bonchev–Trinajstić information content (AvgIpc) is 2.68. The molecule has 2 aromatic carbocycles. The van der Waals surface area contributed by atoms with Crippen molar-refractivity contribution in [3.05, 3.63) is 59.4 Å². The van der Waals surface area contributed by atoms with Crippen LogP contribution in [0, 0.1) is 12.7 Å². The number of likely N-dealkylation sites (N-methyl/N-ethyl adjacent to an activating group) is 1. The third-order valence-electron chi connectivity index (χ3n) is 4.45. The number of amides is 2. The molecule has 0 saturated carbocycles. The molecule has 0 bridgehead atoms. The minimum atomic E-state index is -0.683. The van der Waals surface area contributed by atoms with Gasteiger partial charge >= 0.3 is 0 Å². The smallest absolute Gasteiger partial charge is 0.262 e. The molecule has 1 aliphatic rings. The molecule has 2 N–H and O–H groups in total. The molecule has 0 radical (unpaired) electrons. The van der Waals surface area contributed by atoms with Crippen LogP contribution in [0.25, 0.3) is 0 Å². The highest BCUT2D eigenvalue weighted by Crippen LogP contribution is 2.32. The molecule has 0 fully saturated rings. The fraction of sp³-hybridized carbons (Fsp3) is 0.300. The van der Waals surface area contributed by atoms with E-state index in [-0.39, 0.29) is 30.7 Å². The van der Waals surface area contributed by atoms with E-state index in [4.69, 9.17) is 4.74 Å². The van der Waals surface area contributed by atoms with Crippen molar-refractivity contribution in [2.24, 2.45) is 0 Å². The van der Waals surface area contributed by atoms with Crippen LogP contribution in [0.3, 0.4) is 0 Å². The average molecular weight is 371 g/mol. The van der Waals surface area contributed by atoms with Gasteiger partial charge in [-0.3, -0.25) is 9.59 Å². The van der Waals surface area contributed by atoms with Crippen molar-refractivity contribution in [3.8, 4) is 5.75 Å². The van der Waals surface area contributed by atoms with Gasteiger partial charge in [0.25, 0.3) is 5.91 Å². The lowest BCUT2D eigenvalue weighted by molar-refractivity contribution is -0.127. The summed E-state index contributed by atoms with van der Waals surface area (Å²) in [7, 11) is 1.55. The van der Waals surface area contributed by atoms with Gasteiger partial charge in [0.15, 0.2) is 6.10 Å². The predicted octanol–water partition coefficient (Wildman–Crippen LogP) is 1.76. The normalized spacial score (nSPS) is 15.5. The van der Waals surface area contributed by atoms with E-state index >= 15 is 0 Å². The monoisotopic (exact) mass is 371 g/mol. The van der Waals surface area contributed by atoms with Gasteiger partial charge in [0.2, 0.25) is 5.91 Å². The fourth-order valence-corrected chi connectivity index (χ4v) is 3.00. The molecular weight excluding hydrogens is 349 g/mol. The maximum Gasteiger partial charge on any atom is 0.262 e. The van der Waals surface area contributed by atoms with Crippen LogP contribution in [0.5, 0.6) is 5.75 Å². The molecule has 1 atom stereocenters. The highest BCUT2D eigenvalue weighted by Gasteiger charge is 2.30. The van der Waals surface area contributed by atoms with Gasteiger partial charge in [0.1, 0.15) is 11.6 Å². The molecule has 1 aliphatic heterocycles. The maximum absolute atomic E-state index is 13.3. The van der Waals surface area contributed by atoms with Gasteiger partial charge in [-0.05, 0) is 36.2 Å². The van der Waals surface area contributed by atoms with Crippen LogP contribution in [0.15, 0.2) is 42.5 Å². The second-order valence-corrected chi connectivity index (χ2v) is 6.43. The molecule has 7 heteroatoms. The van der Waals surface area contributed by atoms with Crippen LogP contribution < -0.4 is 20.3 Å². The topological polar surface area (TPSA) is 70.7 Å². The lowest BCUT2D eigenvalue weighted by atomic mass is 10.1. The summed E-state index contributed by atoms with van der Waals surface area (Å²) in [6.07, 6.45) is -0.683. The Morgan fingerprint density at radius 3 is 2.78 bits per heavy atom. The lowest BCUT2D eigenvalue weighted by Crippen LogP contribution is -2.50. The molecule has 1 unspecified atom stereocenters. The van der Waals surface area contributed by atoms with E-state index in [1.807, 2.05) is 23.1 Å². The van der Waals surface area contributed by atoms with E-state index in [1.165, 1.54) is 6.07 Å². The van der Waals surface area contributed by atoms with Crippen molar-refractivity contribution >= 4 is 17.5 Å². The summed E-state index contributed by atoms with van der Waals surface area (Å²) in [5.74, 6) is -0.129. The minimum Gasteiger partial charge on any atom is -0.477 e. The summed E-state index contributed by atoms with van der Waals surface area (Å²) in [6, 6.07) is 12.1. The van der Waals surface area contributed by atoms with Crippen LogP contribution in [0.2, 0.25) is 0 Å². The number of carbonyl (C=O) groups is 2. The van der Waals surface area contributed by atoms with E-state index < -0.39 is 6.10 Å². The van der Waals surface area contributed by atoms with Gasteiger partial charge in [0, 0.05) is 13.6 Å². The molecule has 27 heavy (non-hydrogen) atoms. The number of nitrogens with one attached hydrogen (secondary N) is 2. The summed E-state index contributed by atoms with van der Waals surface area (Å²) in [5.41, 5.74) is 2.13. The Kier molecular flexibility index (Phi) is 5.59. The van der Waals surface area contributed by atoms with E-state index in [0.29, 0.717) is 17.9 Å². The zero-order valence-electron chi connectivity index (χ0n) is 15.3. The molecule has 0 aromatic heterocycles. The molecule has 2 aromatic rings. The largest absolute Gasteiger partial charge is 0.477 e. The Morgan fingerprint density at radius 1 is 1.26 bits per heavy atom. The zero-order valence-corrected chi connectivity index (χ0v) is 15.3. The first-order valence-corrected chi connectivity index (χ1v) is 8.72. The molecule has 0 saturated heterocycles. The quantitative estimate of drug-likeness (QED) is 0.840. The maximum atomic E-state index is 13.3. The predicted molar refractivity (Wildman–Crippen MR) is 100 cm³/mol. The Bertz CT molecular complexity index is 856. The van der Waals surface area contributed by atoms with Crippen molar-refractivity contribution in [2.75, 3.05) is 25.0 Å². The van der Waals surface area contributed by atoms with Crippen molar-refractivity contribution in [1.82, 2.24) is 10.6 Å². The van der Waals surface area contributed by atoms with Gasteiger partial charge in [-0.2, -0.15) is 0 Å². The highest BCUT2D eigenvalue weighted by atomic mass is 19.1. The summed E-state index contributed by atoms with van der Waals surface area (Å²) < 4.78 is 19.1. The summed E-state index contributed by atoms with van der Waals surface area (Å²) >= 11 is 0. The van der Waals surface area contributed by atoms with Gasteiger partial charge in [-0.15, -0.1) is 0 Å². The Morgan fingerprint density at radius 2 is 2.04 bits per heavy atom. The number of anilines is 1. The molecule has 2 amide bonds. The van der Waals surface area contributed by atoms with E-state index in [1.54, 1.807) is 32.2 Å². The third-order valence-corrected chi connectivity index (χ3v) is 4.45. The van der Waals surface area contributed by atoms with Crippen molar-refractivity contribution < 1.29 is 18.7 Å². The summed E-state index contributed by atoms with van der Waals surface area (Å²) in [6.45, 7) is 2.36. The first-order chi connectivity index (χ1) is 13.0. The lowest BCUT2D eigenvalue weighted by Gasteiger charge is -2.35. The highest BCUT2D eigenvalue weighted by molar-refractivity contribution is 5.86. The first-order valence-electron chi connectivity index (χ1n) is 8.72. The van der Waals surface area contributed by atoms with Gasteiger partial charge in [-0.25, -0.2) is 4.39 Å². The number of fused-ring (bicyclic) bond motifs is 1. The number of hydrogen-bond donors (Lipinski definition) is 2. The zero-order chi connectivity index (χ0) is 19.4. The fourth-order valence-electron chi connectivity index (χ4n) is 3.00. The van der Waals surface area contributed by atoms with Crippen LogP contribution in [-0.2, 0) is 16.1 Å². The van der Waals surface area contributed by atoms with E-state index in [0.717, 1.165) is 11.3 Å². The number of nitrogens with zero attached hydrogens (tertiary/aromatic N) is 1. The molecule has 142 valence electrons. The number of para-hydroxylation sites is 2. The molecule has 0 aliphatic carbocycles. The van der Waals surface area contributed by atoms with Crippen LogP contribution >= 0.6 is 0 Å². The molecule has 0 spiro atoms. The van der Waals surface area contributed by atoms with E-state index in [2.05, 4.69) is 10.6 Å². The van der Waals surface area contributed by atoms with Crippen molar-refractivity contribution in [3.63, 3.8) is 0 Å². The standard InChI is InChI=1S/C20H22FN3O3/c1-13-9-14(7-8-15(13)21)10-23-19(25)12-24-11-18(20(26)22-2)27-17-6-4-3-5-16(17)24/h3-9,18H,10-12H2,1-2H3,(H,22,26)(H,23,25). The number of ether oxygens (including phenoxy) is 1. The van der Waals surface area contributed by atoms with Crippen LogP contribution in [-0.4, -0.2) is 38.1 Å². The number of benzene rings is 2. The van der Waals surface area contributed by atoms with Crippen LogP contribution in [0.4, 0.5) is 10.1 Å². The van der Waals surface area contributed by atoms with E-state index in [9.17, 15) is 14.0 Å². The number of aryl methyl sites for hydroxylation is 1. The van der Waals surface area contributed by atoms with Gasteiger partial charge in [-0.1, -0.05) is 24.3 Å². The second kappa shape index (κ2) is 8.07. The van der Waals surface area contributed by atoms with Crippen LogP contribution in [0.1, 0.15) is 11.1 Å². The van der Waals surface area contributed by atoms with Crippen molar-refractivity contribution in [1.29, 1.82) is 0 Å². The Labute approximate surface area is 157 Å². The van der Waals surface area contributed by atoms with Gasteiger partial charge in [0.05, 0.1) is 18.8 Å². The first kappa shape index (κ1) is 18.7. The van der Waals surface area contributed by atoms with Crippen molar-refractivity contribution in [2.45, 2.75) is 19.6 Å². The molecule has 3 rings (SSSR count). The second-order valence-electron chi connectivity index (χ2n) is 6.43.